The maximum atomic E-state index is 6.01. The van der Waals surface area contributed by atoms with Gasteiger partial charge >= 0.3 is 0 Å². The van der Waals surface area contributed by atoms with Crippen LogP contribution in [0, 0.1) is 6.92 Å². The van der Waals surface area contributed by atoms with Gasteiger partial charge in [0, 0.05) is 41.8 Å². The van der Waals surface area contributed by atoms with Crippen LogP contribution in [0.2, 0.25) is 5.02 Å². The topological polar surface area (TPSA) is 17.4 Å². The summed E-state index contributed by atoms with van der Waals surface area (Å²) in [5, 5.41) is 0.750. The van der Waals surface area contributed by atoms with Gasteiger partial charge in [0.05, 0.1) is 6.61 Å². The molecule has 0 spiro atoms. The first-order valence-corrected chi connectivity index (χ1v) is 8.92. The van der Waals surface area contributed by atoms with E-state index >= 15 is 0 Å². The summed E-state index contributed by atoms with van der Waals surface area (Å²) in [7, 11) is 0. The minimum absolute atomic E-state index is 0.00912. The number of halogens is 1. The van der Waals surface area contributed by atoms with Crippen molar-refractivity contribution in [2.45, 2.75) is 19.7 Å². The van der Waals surface area contributed by atoms with Gasteiger partial charge in [0.2, 0.25) is 0 Å². The molecule has 1 unspecified atom stereocenters. The Morgan fingerprint density at radius 3 is 2.56 bits per heavy atom. The van der Waals surface area contributed by atoms with E-state index in [0.717, 1.165) is 30.4 Å². The Hall–Kier alpha value is -2.07. The zero-order valence-electron chi connectivity index (χ0n) is 14.2. The Bertz CT molecular complexity index is 839. The van der Waals surface area contributed by atoms with Gasteiger partial charge in [-0.1, -0.05) is 41.4 Å². The zero-order valence-corrected chi connectivity index (χ0v) is 15.0. The third-order valence-corrected chi connectivity index (χ3v) is 4.87. The Morgan fingerprint density at radius 2 is 1.80 bits per heavy atom. The highest BCUT2D eigenvalue weighted by Crippen LogP contribution is 2.29. The first-order chi connectivity index (χ1) is 12.2. The number of hydrogen-bond donors (Lipinski definition) is 0. The van der Waals surface area contributed by atoms with Crippen LogP contribution < -0.4 is 0 Å². The van der Waals surface area contributed by atoms with E-state index in [0.29, 0.717) is 0 Å². The molecule has 1 saturated heterocycles. The summed E-state index contributed by atoms with van der Waals surface area (Å²) < 4.78 is 8.12. The summed E-state index contributed by atoms with van der Waals surface area (Å²) in [6.07, 6.45) is 4.22. The highest BCUT2D eigenvalue weighted by Gasteiger charge is 2.27. The van der Waals surface area contributed by atoms with E-state index in [1.54, 1.807) is 0 Å². The van der Waals surface area contributed by atoms with Crippen LogP contribution in [0.5, 0.6) is 0 Å². The predicted octanol–water partition coefficient (Wildman–Crippen LogP) is 4.97. The molecule has 4 heteroatoms. The lowest BCUT2D eigenvalue weighted by atomic mass is 10.1. The fraction of sp³-hybridized carbons (Fsp3) is 0.238. The van der Waals surface area contributed by atoms with Crippen molar-refractivity contribution in [1.29, 1.82) is 0 Å². The molecule has 1 aliphatic heterocycles. The molecule has 0 amide bonds. The lowest BCUT2D eigenvalue weighted by molar-refractivity contribution is 0.0288. The van der Waals surface area contributed by atoms with Crippen LogP contribution >= 0.6 is 11.6 Å². The summed E-state index contributed by atoms with van der Waals surface area (Å²) >= 11 is 5.98. The molecule has 4 rings (SSSR count). The number of aryl methyl sites for hydroxylation is 1. The van der Waals surface area contributed by atoms with Crippen molar-refractivity contribution < 1.29 is 4.74 Å². The molecule has 0 N–H and O–H groups in total. The van der Waals surface area contributed by atoms with Crippen molar-refractivity contribution in [3.05, 3.63) is 88.7 Å². The summed E-state index contributed by atoms with van der Waals surface area (Å²) in [4.78, 5) is 2.38. The Morgan fingerprint density at radius 1 is 1.04 bits per heavy atom. The molecule has 2 heterocycles. The van der Waals surface area contributed by atoms with E-state index in [9.17, 15) is 0 Å². The molecule has 1 aromatic heterocycles. The average Bonchev–Trinajstić information content (AvgIpc) is 3.27. The average molecular weight is 353 g/mol. The number of nitrogens with zero attached hydrogens (tertiary/aromatic N) is 2. The van der Waals surface area contributed by atoms with Crippen LogP contribution in [0.1, 0.15) is 22.9 Å². The zero-order chi connectivity index (χ0) is 17.2. The van der Waals surface area contributed by atoms with Gasteiger partial charge in [0.25, 0.3) is 0 Å². The van der Waals surface area contributed by atoms with Gasteiger partial charge in [-0.3, -0.25) is 4.90 Å². The molecule has 0 aliphatic carbocycles. The van der Waals surface area contributed by atoms with E-state index in [-0.39, 0.29) is 6.23 Å². The number of hydrogen-bond acceptors (Lipinski definition) is 2. The molecule has 1 fully saturated rings. The standard InChI is InChI=1S/C21H21ClN2O/c1-16-2-4-17(5-3-16)14-24-12-13-25-21(24)18-10-11-23(15-18)20-8-6-19(22)7-9-20/h2-11,15,21H,12-14H2,1H3. The Balaban J connectivity index is 1.52. The van der Waals surface area contributed by atoms with Crippen LogP contribution in [0.3, 0.4) is 0 Å². The molecule has 0 radical (unpaired) electrons. The van der Waals surface area contributed by atoms with E-state index < -0.39 is 0 Å². The summed E-state index contributed by atoms with van der Waals surface area (Å²) in [6.45, 7) is 4.73. The third-order valence-electron chi connectivity index (χ3n) is 4.62. The smallest absolute Gasteiger partial charge is 0.138 e. The number of benzene rings is 2. The van der Waals surface area contributed by atoms with Crippen molar-refractivity contribution in [3.63, 3.8) is 0 Å². The van der Waals surface area contributed by atoms with Crippen molar-refractivity contribution in [2.24, 2.45) is 0 Å². The lowest BCUT2D eigenvalue weighted by Gasteiger charge is -2.22. The second-order valence-corrected chi connectivity index (χ2v) is 6.94. The quantitative estimate of drug-likeness (QED) is 0.659. The Kier molecular flexibility index (Phi) is 4.62. The summed E-state index contributed by atoms with van der Waals surface area (Å²) in [5.74, 6) is 0. The molecule has 128 valence electrons. The number of rotatable bonds is 4. The molecule has 25 heavy (non-hydrogen) atoms. The van der Waals surface area contributed by atoms with E-state index in [1.165, 1.54) is 16.7 Å². The first-order valence-electron chi connectivity index (χ1n) is 8.54. The largest absolute Gasteiger partial charge is 0.357 e. The van der Waals surface area contributed by atoms with Gasteiger partial charge in [0.1, 0.15) is 6.23 Å². The monoisotopic (exact) mass is 352 g/mol. The van der Waals surface area contributed by atoms with Crippen molar-refractivity contribution in [1.82, 2.24) is 9.47 Å². The minimum atomic E-state index is 0.00912. The minimum Gasteiger partial charge on any atom is -0.357 e. The highest BCUT2D eigenvalue weighted by atomic mass is 35.5. The summed E-state index contributed by atoms with van der Waals surface area (Å²) in [6, 6.07) is 18.7. The second-order valence-electron chi connectivity index (χ2n) is 6.51. The fourth-order valence-corrected chi connectivity index (χ4v) is 3.36. The SMILES string of the molecule is Cc1ccc(CN2CCOC2c2ccn(-c3ccc(Cl)cc3)c2)cc1. The van der Waals surface area contributed by atoms with E-state index in [1.807, 2.05) is 24.3 Å². The van der Waals surface area contributed by atoms with Crippen LogP contribution in [0.25, 0.3) is 5.69 Å². The summed E-state index contributed by atoms with van der Waals surface area (Å²) in [5.41, 5.74) is 4.88. The molecule has 0 saturated carbocycles. The lowest BCUT2D eigenvalue weighted by Crippen LogP contribution is -2.23. The molecule has 3 nitrogen and oxygen atoms in total. The van der Waals surface area contributed by atoms with Gasteiger partial charge in [-0.15, -0.1) is 0 Å². The van der Waals surface area contributed by atoms with Gasteiger partial charge in [0.15, 0.2) is 0 Å². The van der Waals surface area contributed by atoms with Crippen molar-refractivity contribution >= 4 is 11.6 Å². The first kappa shape index (κ1) is 16.4. The van der Waals surface area contributed by atoms with Crippen LogP contribution in [0.15, 0.2) is 67.0 Å². The normalized spacial score (nSPS) is 17.9. The molecule has 1 aliphatic rings. The van der Waals surface area contributed by atoms with Gasteiger partial charge in [-0.2, -0.15) is 0 Å². The molecule has 3 aromatic rings. The van der Waals surface area contributed by atoms with Crippen molar-refractivity contribution in [3.8, 4) is 5.69 Å². The molecular formula is C21H21ClN2O. The second kappa shape index (κ2) is 7.04. The van der Waals surface area contributed by atoms with Crippen LogP contribution in [-0.4, -0.2) is 22.6 Å². The molecular weight excluding hydrogens is 332 g/mol. The van der Waals surface area contributed by atoms with Gasteiger partial charge < -0.3 is 9.30 Å². The van der Waals surface area contributed by atoms with Gasteiger partial charge in [-0.05, 0) is 42.8 Å². The molecule has 0 bridgehead atoms. The maximum Gasteiger partial charge on any atom is 0.138 e. The van der Waals surface area contributed by atoms with Crippen LogP contribution in [0.4, 0.5) is 0 Å². The molecule has 1 atom stereocenters. The van der Waals surface area contributed by atoms with E-state index in [4.69, 9.17) is 16.3 Å². The molecule has 2 aromatic carbocycles. The predicted molar refractivity (Wildman–Crippen MR) is 101 cm³/mol. The number of ether oxygens (including phenoxy) is 1. The van der Waals surface area contributed by atoms with Crippen molar-refractivity contribution in [2.75, 3.05) is 13.2 Å². The highest BCUT2D eigenvalue weighted by molar-refractivity contribution is 6.30. The van der Waals surface area contributed by atoms with Crippen LogP contribution in [-0.2, 0) is 11.3 Å². The van der Waals surface area contributed by atoms with Gasteiger partial charge in [-0.25, -0.2) is 0 Å². The fourth-order valence-electron chi connectivity index (χ4n) is 3.23. The third kappa shape index (κ3) is 3.64. The number of aromatic nitrogens is 1. The Labute approximate surface area is 153 Å². The maximum absolute atomic E-state index is 6.01. The van der Waals surface area contributed by atoms with E-state index in [2.05, 4.69) is 59.1 Å².